The third-order valence-electron chi connectivity index (χ3n) is 5.95. The van der Waals surface area contributed by atoms with Crippen molar-refractivity contribution in [2.45, 2.75) is 142 Å². The molecule has 0 heteroatoms. The minimum atomic E-state index is 0.845. The van der Waals surface area contributed by atoms with E-state index in [1.165, 1.54) is 109 Å². The van der Waals surface area contributed by atoms with E-state index in [0.29, 0.717) is 0 Å². The molecule has 0 aliphatic rings. The standard InChI is InChI=1S/C28H54/c1-5-7-9-11-12-13-14-15-16-17-18-19-21-23-25-28(26-27(3)4)24-22-20-10-8-6-2/h10,20,27-28H,1-2,5-9,11-19,21-26H2,3-4H3. The van der Waals surface area contributed by atoms with Gasteiger partial charge in [-0.05, 0) is 43.9 Å². The second kappa shape index (κ2) is 23.0. The normalized spacial score (nSPS) is 13.0. The zero-order valence-corrected chi connectivity index (χ0v) is 19.9. The van der Waals surface area contributed by atoms with Crippen LogP contribution in [-0.2, 0) is 0 Å². The van der Waals surface area contributed by atoms with E-state index in [1.54, 1.807) is 0 Å². The van der Waals surface area contributed by atoms with Crippen molar-refractivity contribution in [1.29, 1.82) is 0 Å². The Labute approximate surface area is 180 Å². The Morgan fingerprint density at radius 1 is 0.536 bits per heavy atom. The number of rotatable bonds is 22. The number of unbranched alkanes of at least 4 members (excludes halogenated alkanes) is 14. The molecule has 0 aliphatic heterocycles. The maximum atomic E-state index is 3.92. The third kappa shape index (κ3) is 22.0. The molecule has 0 aromatic heterocycles. The molecule has 0 heterocycles. The van der Waals surface area contributed by atoms with Gasteiger partial charge in [0.15, 0.2) is 0 Å². The maximum absolute atomic E-state index is 3.92. The second-order valence-corrected chi connectivity index (χ2v) is 9.42. The Kier molecular flexibility index (Phi) is 22.8. The van der Waals surface area contributed by atoms with Crippen molar-refractivity contribution in [3.05, 3.63) is 26.0 Å². The van der Waals surface area contributed by atoms with E-state index in [9.17, 15) is 0 Å². The highest BCUT2D eigenvalue weighted by molar-refractivity contribution is 4.82. The zero-order chi connectivity index (χ0) is 20.7. The van der Waals surface area contributed by atoms with Crippen molar-refractivity contribution >= 4 is 0 Å². The smallest absolute Gasteiger partial charge is 0.0348 e. The summed E-state index contributed by atoms with van der Waals surface area (Å²) in [6.07, 6.45) is 32.3. The first-order valence-corrected chi connectivity index (χ1v) is 12.9. The number of allylic oxidation sites excluding steroid dienone is 2. The Bertz CT molecular complexity index is 301. The molecular formula is C28H54. The largest absolute Gasteiger partial charge is 0.0885 e. The van der Waals surface area contributed by atoms with E-state index in [1.807, 2.05) is 0 Å². The quantitative estimate of drug-likeness (QED) is 0.127. The zero-order valence-electron chi connectivity index (χ0n) is 19.9. The summed E-state index contributed by atoms with van der Waals surface area (Å²) < 4.78 is 0. The molecule has 0 amide bonds. The highest BCUT2D eigenvalue weighted by Crippen LogP contribution is 2.24. The van der Waals surface area contributed by atoms with E-state index in [0.717, 1.165) is 31.1 Å². The average molecular weight is 391 g/mol. The van der Waals surface area contributed by atoms with Crippen molar-refractivity contribution in [3.8, 4) is 0 Å². The van der Waals surface area contributed by atoms with Gasteiger partial charge in [0, 0.05) is 0 Å². The van der Waals surface area contributed by atoms with E-state index < -0.39 is 0 Å². The van der Waals surface area contributed by atoms with Gasteiger partial charge in [-0.3, -0.25) is 0 Å². The van der Waals surface area contributed by atoms with Gasteiger partial charge in [0.2, 0.25) is 0 Å². The summed E-state index contributed by atoms with van der Waals surface area (Å²) in [5, 5.41) is 0. The predicted octanol–water partition coefficient (Wildman–Crippen LogP) is 10.3. The molecule has 2 radical (unpaired) electrons. The molecule has 0 nitrogen and oxygen atoms in total. The Morgan fingerprint density at radius 3 is 1.46 bits per heavy atom. The highest BCUT2D eigenvalue weighted by atomic mass is 14.2. The molecule has 1 unspecified atom stereocenters. The van der Waals surface area contributed by atoms with Crippen LogP contribution in [-0.4, -0.2) is 0 Å². The number of hydrogen-bond donors (Lipinski definition) is 0. The topological polar surface area (TPSA) is 0 Å². The first-order valence-electron chi connectivity index (χ1n) is 12.9. The van der Waals surface area contributed by atoms with E-state index >= 15 is 0 Å². The van der Waals surface area contributed by atoms with Crippen LogP contribution in [0.15, 0.2) is 12.2 Å². The lowest BCUT2D eigenvalue weighted by Gasteiger charge is -2.18. The Hall–Kier alpha value is -0.260. The van der Waals surface area contributed by atoms with Gasteiger partial charge in [0.1, 0.15) is 0 Å². The van der Waals surface area contributed by atoms with Crippen molar-refractivity contribution in [2.24, 2.45) is 11.8 Å². The lowest BCUT2D eigenvalue weighted by molar-refractivity contribution is 0.352. The molecule has 0 rings (SSSR count). The molecular weight excluding hydrogens is 336 g/mol. The summed E-state index contributed by atoms with van der Waals surface area (Å²) in [5.41, 5.74) is 0. The van der Waals surface area contributed by atoms with Gasteiger partial charge in [0.05, 0.1) is 0 Å². The van der Waals surface area contributed by atoms with Crippen molar-refractivity contribution < 1.29 is 0 Å². The van der Waals surface area contributed by atoms with E-state index in [2.05, 4.69) is 39.8 Å². The molecule has 0 bridgehead atoms. The Balaban J connectivity index is 3.48. The maximum Gasteiger partial charge on any atom is -0.0348 e. The van der Waals surface area contributed by atoms with Crippen LogP contribution in [0.25, 0.3) is 0 Å². The Morgan fingerprint density at radius 2 is 1.00 bits per heavy atom. The number of hydrogen-bond acceptors (Lipinski definition) is 0. The summed E-state index contributed by atoms with van der Waals surface area (Å²) in [6, 6.07) is 0. The molecule has 166 valence electrons. The third-order valence-corrected chi connectivity index (χ3v) is 5.95. The average Bonchev–Trinajstić information content (AvgIpc) is 2.67. The minimum absolute atomic E-state index is 0.845. The van der Waals surface area contributed by atoms with Crippen molar-refractivity contribution in [2.75, 3.05) is 0 Å². The molecule has 0 aliphatic carbocycles. The van der Waals surface area contributed by atoms with Crippen LogP contribution in [0.5, 0.6) is 0 Å². The minimum Gasteiger partial charge on any atom is -0.0885 e. The molecule has 28 heavy (non-hydrogen) atoms. The molecule has 0 spiro atoms. The lowest BCUT2D eigenvalue weighted by Crippen LogP contribution is -2.04. The molecule has 0 aromatic carbocycles. The van der Waals surface area contributed by atoms with Crippen LogP contribution in [0.4, 0.5) is 0 Å². The lowest BCUT2D eigenvalue weighted by atomic mass is 9.88. The van der Waals surface area contributed by atoms with Crippen LogP contribution in [0.3, 0.4) is 0 Å². The predicted molar refractivity (Wildman–Crippen MR) is 131 cm³/mol. The van der Waals surface area contributed by atoms with Crippen LogP contribution >= 0.6 is 0 Å². The van der Waals surface area contributed by atoms with Gasteiger partial charge >= 0.3 is 0 Å². The van der Waals surface area contributed by atoms with Crippen LogP contribution in [0.2, 0.25) is 0 Å². The molecule has 0 N–H and O–H groups in total. The van der Waals surface area contributed by atoms with Gasteiger partial charge in [0.25, 0.3) is 0 Å². The van der Waals surface area contributed by atoms with Crippen molar-refractivity contribution in [3.63, 3.8) is 0 Å². The summed E-state index contributed by atoms with van der Waals surface area (Å²) in [4.78, 5) is 0. The van der Waals surface area contributed by atoms with Gasteiger partial charge < -0.3 is 0 Å². The summed E-state index contributed by atoms with van der Waals surface area (Å²) in [7, 11) is 0. The van der Waals surface area contributed by atoms with Gasteiger partial charge in [-0.1, -0.05) is 136 Å². The first kappa shape index (κ1) is 27.7. The first-order chi connectivity index (χ1) is 13.7. The van der Waals surface area contributed by atoms with E-state index in [-0.39, 0.29) is 0 Å². The van der Waals surface area contributed by atoms with E-state index in [4.69, 9.17) is 0 Å². The van der Waals surface area contributed by atoms with Gasteiger partial charge in [-0.15, -0.1) is 0 Å². The van der Waals surface area contributed by atoms with Crippen molar-refractivity contribution in [1.82, 2.24) is 0 Å². The molecule has 1 atom stereocenters. The molecule has 0 saturated heterocycles. The fraction of sp³-hybridized carbons (Fsp3) is 0.857. The molecule has 0 fully saturated rings. The molecule has 0 saturated carbocycles. The molecule has 0 aromatic rings. The van der Waals surface area contributed by atoms with Crippen LogP contribution in [0.1, 0.15) is 142 Å². The van der Waals surface area contributed by atoms with Gasteiger partial charge in [-0.2, -0.15) is 0 Å². The summed E-state index contributed by atoms with van der Waals surface area (Å²) in [6.45, 7) is 12.6. The highest BCUT2D eigenvalue weighted by Gasteiger charge is 2.10. The summed E-state index contributed by atoms with van der Waals surface area (Å²) >= 11 is 0. The summed E-state index contributed by atoms with van der Waals surface area (Å²) in [5.74, 6) is 1.79. The van der Waals surface area contributed by atoms with Crippen LogP contribution in [0, 0.1) is 25.7 Å². The fourth-order valence-electron chi connectivity index (χ4n) is 4.29. The van der Waals surface area contributed by atoms with Gasteiger partial charge in [-0.25, -0.2) is 0 Å². The second-order valence-electron chi connectivity index (χ2n) is 9.42. The fourth-order valence-corrected chi connectivity index (χ4v) is 4.29. The van der Waals surface area contributed by atoms with Crippen LogP contribution < -0.4 is 0 Å². The SMILES string of the molecule is [CH2]CCC=CCCC(CCCCCCCCCCCCCCC[CH2])CC(C)C. The monoisotopic (exact) mass is 390 g/mol.